The summed E-state index contributed by atoms with van der Waals surface area (Å²) in [6.45, 7) is 4.44. The van der Waals surface area contributed by atoms with Crippen LogP contribution in [0.2, 0.25) is 0 Å². The minimum Gasteiger partial charge on any atom is -0.384 e. The Morgan fingerprint density at radius 2 is 2.24 bits per heavy atom. The van der Waals surface area contributed by atoms with Gasteiger partial charge in [0.25, 0.3) is 0 Å². The maximum Gasteiger partial charge on any atom is 0.0373 e. The third-order valence-corrected chi connectivity index (χ3v) is 4.53. The van der Waals surface area contributed by atoms with Gasteiger partial charge in [-0.25, -0.2) is 0 Å². The van der Waals surface area contributed by atoms with E-state index in [1.807, 2.05) is 0 Å². The minimum atomic E-state index is 0.456. The van der Waals surface area contributed by atoms with Gasteiger partial charge in [-0.1, -0.05) is 19.1 Å². The number of anilines is 1. The van der Waals surface area contributed by atoms with Crippen LogP contribution in [0, 0.1) is 0 Å². The van der Waals surface area contributed by atoms with Crippen molar-refractivity contribution in [2.45, 2.75) is 51.1 Å². The normalized spacial score (nSPS) is 20.5. The van der Waals surface area contributed by atoms with Crippen molar-refractivity contribution in [2.75, 3.05) is 11.9 Å². The fourth-order valence-corrected chi connectivity index (χ4v) is 3.02. The van der Waals surface area contributed by atoms with Crippen LogP contribution >= 0.6 is 0 Å². The summed E-state index contributed by atoms with van der Waals surface area (Å²) in [5, 5.41) is 7.18. The largest absolute Gasteiger partial charge is 0.384 e. The highest BCUT2D eigenvalue weighted by molar-refractivity contribution is 5.56. The van der Waals surface area contributed by atoms with Crippen molar-refractivity contribution in [3.8, 4) is 0 Å². The van der Waals surface area contributed by atoms with E-state index in [9.17, 15) is 0 Å². The van der Waals surface area contributed by atoms with E-state index in [-0.39, 0.29) is 0 Å². The first-order valence-corrected chi connectivity index (χ1v) is 6.92. The van der Waals surface area contributed by atoms with Crippen LogP contribution in [0.3, 0.4) is 0 Å². The molecule has 0 atom stereocenters. The number of fused-ring (bicyclic) bond motifs is 1. The molecule has 0 unspecified atom stereocenters. The van der Waals surface area contributed by atoms with Gasteiger partial charge in [-0.3, -0.25) is 0 Å². The van der Waals surface area contributed by atoms with Crippen molar-refractivity contribution in [3.05, 3.63) is 29.3 Å². The highest BCUT2D eigenvalue weighted by Gasteiger charge is 2.34. The highest BCUT2D eigenvalue weighted by Crippen LogP contribution is 2.35. The number of benzene rings is 1. The third kappa shape index (κ3) is 2.06. The Bertz CT molecular complexity index is 402. The Balaban J connectivity index is 1.65. The molecule has 2 heteroatoms. The summed E-state index contributed by atoms with van der Waals surface area (Å²) in [6.07, 6.45) is 6.56. The molecule has 1 aromatic rings. The number of hydrogen-bond donors (Lipinski definition) is 2. The summed E-state index contributed by atoms with van der Waals surface area (Å²) in [4.78, 5) is 0. The monoisotopic (exact) mass is 230 g/mol. The molecule has 1 aromatic carbocycles. The van der Waals surface area contributed by atoms with Crippen molar-refractivity contribution in [3.63, 3.8) is 0 Å². The zero-order valence-corrected chi connectivity index (χ0v) is 10.7. The Kier molecular flexibility index (Phi) is 2.83. The molecule has 0 saturated heterocycles. The van der Waals surface area contributed by atoms with Gasteiger partial charge in [0, 0.05) is 24.3 Å². The molecule has 1 saturated carbocycles. The fourth-order valence-electron chi connectivity index (χ4n) is 3.02. The molecule has 1 fully saturated rings. The summed E-state index contributed by atoms with van der Waals surface area (Å²) < 4.78 is 0. The number of hydrogen-bond acceptors (Lipinski definition) is 2. The molecule has 0 bridgehead atoms. The molecule has 2 N–H and O–H groups in total. The van der Waals surface area contributed by atoms with Gasteiger partial charge < -0.3 is 10.6 Å². The molecule has 2 aliphatic rings. The first kappa shape index (κ1) is 11.1. The second-order valence-electron chi connectivity index (χ2n) is 5.51. The predicted octanol–water partition coefficient (Wildman–Crippen LogP) is 3.08. The molecular weight excluding hydrogens is 208 g/mol. The van der Waals surface area contributed by atoms with E-state index in [2.05, 4.69) is 35.8 Å². The van der Waals surface area contributed by atoms with Crippen molar-refractivity contribution in [1.82, 2.24) is 5.32 Å². The first-order valence-electron chi connectivity index (χ1n) is 6.92. The Labute approximate surface area is 104 Å². The van der Waals surface area contributed by atoms with Crippen molar-refractivity contribution in [2.24, 2.45) is 0 Å². The van der Waals surface area contributed by atoms with Crippen LogP contribution in [-0.4, -0.2) is 12.1 Å². The molecule has 17 heavy (non-hydrogen) atoms. The fraction of sp³-hybridized carbons (Fsp3) is 0.600. The molecule has 1 aliphatic carbocycles. The summed E-state index contributed by atoms with van der Waals surface area (Å²) in [5.74, 6) is 0. The van der Waals surface area contributed by atoms with Crippen molar-refractivity contribution < 1.29 is 0 Å². The standard InChI is InChI=1S/C15H22N2/c1-2-15(7-3-8-15)17-11-12-4-5-14-13(10-12)6-9-16-14/h4-5,10,16-17H,2-3,6-9,11H2,1H3. The smallest absolute Gasteiger partial charge is 0.0373 e. The van der Waals surface area contributed by atoms with Crippen LogP contribution in [0.1, 0.15) is 43.7 Å². The van der Waals surface area contributed by atoms with Crippen molar-refractivity contribution >= 4 is 5.69 Å². The van der Waals surface area contributed by atoms with E-state index in [4.69, 9.17) is 0 Å². The summed E-state index contributed by atoms with van der Waals surface area (Å²) in [6, 6.07) is 6.86. The van der Waals surface area contributed by atoms with Gasteiger partial charge in [0.15, 0.2) is 0 Å². The maximum atomic E-state index is 3.77. The number of nitrogens with one attached hydrogen (secondary N) is 2. The summed E-state index contributed by atoms with van der Waals surface area (Å²) >= 11 is 0. The van der Waals surface area contributed by atoms with Crippen LogP contribution in [0.5, 0.6) is 0 Å². The molecular formula is C15H22N2. The van der Waals surface area contributed by atoms with Crippen molar-refractivity contribution in [1.29, 1.82) is 0 Å². The second kappa shape index (κ2) is 4.34. The van der Waals surface area contributed by atoms with E-state index in [0.717, 1.165) is 13.1 Å². The molecule has 0 spiro atoms. The highest BCUT2D eigenvalue weighted by atomic mass is 15.0. The zero-order valence-electron chi connectivity index (χ0n) is 10.7. The van der Waals surface area contributed by atoms with Gasteiger partial charge in [-0.15, -0.1) is 0 Å². The lowest BCUT2D eigenvalue weighted by atomic mass is 9.75. The van der Waals surface area contributed by atoms with Crippen LogP contribution in [0.4, 0.5) is 5.69 Å². The van der Waals surface area contributed by atoms with Crippen LogP contribution in [-0.2, 0) is 13.0 Å². The van der Waals surface area contributed by atoms with Crippen LogP contribution < -0.4 is 10.6 Å². The lowest BCUT2D eigenvalue weighted by Crippen LogP contribution is -2.49. The average Bonchev–Trinajstić information content (AvgIpc) is 2.75. The number of rotatable bonds is 4. The van der Waals surface area contributed by atoms with Gasteiger partial charge in [0.2, 0.25) is 0 Å². The molecule has 1 heterocycles. The predicted molar refractivity (Wildman–Crippen MR) is 72.3 cm³/mol. The van der Waals surface area contributed by atoms with Gasteiger partial charge >= 0.3 is 0 Å². The molecule has 0 aromatic heterocycles. The molecule has 0 radical (unpaired) electrons. The minimum absolute atomic E-state index is 0.456. The topological polar surface area (TPSA) is 24.1 Å². The van der Waals surface area contributed by atoms with Gasteiger partial charge in [-0.05, 0) is 49.3 Å². The van der Waals surface area contributed by atoms with Gasteiger partial charge in [-0.2, -0.15) is 0 Å². The van der Waals surface area contributed by atoms with E-state index in [1.165, 1.54) is 48.9 Å². The molecule has 2 nitrogen and oxygen atoms in total. The van der Waals surface area contributed by atoms with E-state index in [0.29, 0.717) is 5.54 Å². The summed E-state index contributed by atoms with van der Waals surface area (Å²) in [7, 11) is 0. The second-order valence-corrected chi connectivity index (χ2v) is 5.51. The van der Waals surface area contributed by atoms with E-state index >= 15 is 0 Å². The van der Waals surface area contributed by atoms with E-state index in [1.54, 1.807) is 0 Å². The SMILES string of the molecule is CCC1(NCc2ccc3c(c2)CCN3)CCC1. The molecule has 1 aliphatic heterocycles. The maximum absolute atomic E-state index is 3.77. The van der Waals surface area contributed by atoms with Crippen LogP contribution in [0.15, 0.2) is 18.2 Å². The molecule has 3 rings (SSSR count). The quantitative estimate of drug-likeness (QED) is 0.830. The Morgan fingerprint density at radius 3 is 2.94 bits per heavy atom. The lowest BCUT2D eigenvalue weighted by molar-refractivity contribution is 0.175. The summed E-state index contributed by atoms with van der Waals surface area (Å²) in [5.41, 5.74) is 4.72. The average molecular weight is 230 g/mol. The van der Waals surface area contributed by atoms with Gasteiger partial charge in [0.05, 0.1) is 0 Å². The molecule has 92 valence electrons. The zero-order chi connectivity index (χ0) is 11.7. The molecule has 0 amide bonds. The van der Waals surface area contributed by atoms with Crippen LogP contribution in [0.25, 0.3) is 0 Å². The van der Waals surface area contributed by atoms with E-state index < -0.39 is 0 Å². The lowest BCUT2D eigenvalue weighted by Gasteiger charge is -2.42. The Hall–Kier alpha value is -1.02. The first-order chi connectivity index (χ1) is 8.31. The third-order valence-electron chi connectivity index (χ3n) is 4.53. The van der Waals surface area contributed by atoms with Gasteiger partial charge in [0.1, 0.15) is 0 Å². The Morgan fingerprint density at radius 1 is 1.35 bits per heavy atom.